The lowest BCUT2D eigenvalue weighted by atomic mass is 10.2. The Hall–Kier alpha value is -1.04. The van der Waals surface area contributed by atoms with Gasteiger partial charge in [0.2, 0.25) is 0 Å². The number of aryl methyl sites for hydroxylation is 1. The zero-order valence-corrected chi connectivity index (χ0v) is 13.2. The highest BCUT2D eigenvalue weighted by molar-refractivity contribution is 9.10. The van der Waals surface area contributed by atoms with E-state index in [9.17, 15) is 8.42 Å². The molecule has 0 amide bonds. The molecular weight excluding hydrogens is 350 g/mol. The third kappa shape index (κ3) is 3.49. The van der Waals surface area contributed by atoms with E-state index in [0.29, 0.717) is 15.2 Å². The van der Waals surface area contributed by atoms with Crippen molar-refractivity contribution in [3.05, 3.63) is 57.5 Å². The lowest BCUT2D eigenvalue weighted by Crippen LogP contribution is -2.13. The molecule has 0 aromatic heterocycles. The Morgan fingerprint density at radius 2 is 1.89 bits per heavy atom. The van der Waals surface area contributed by atoms with Gasteiger partial charge in [0.05, 0.1) is 15.6 Å². The Morgan fingerprint density at radius 1 is 1.16 bits per heavy atom. The van der Waals surface area contributed by atoms with Crippen molar-refractivity contribution in [2.24, 2.45) is 0 Å². The van der Waals surface area contributed by atoms with E-state index < -0.39 is 10.0 Å². The van der Waals surface area contributed by atoms with Crippen molar-refractivity contribution in [3.8, 4) is 0 Å². The molecule has 0 aliphatic carbocycles. The number of halogens is 2. The third-order valence-corrected chi connectivity index (χ3v) is 5.06. The van der Waals surface area contributed by atoms with Crippen LogP contribution < -0.4 is 4.72 Å². The molecule has 0 aliphatic rings. The number of hydrogen-bond acceptors (Lipinski definition) is 2. The average Bonchev–Trinajstić information content (AvgIpc) is 2.33. The first-order valence-electron chi connectivity index (χ1n) is 5.43. The highest BCUT2D eigenvalue weighted by Crippen LogP contribution is 2.27. The van der Waals surface area contributed by atoms with Gasteiger partial charge in [-0.3, -0.25) is 4.72 Å². The van der Waals surface area contributed by atoms with Crippen LogP contribution in [0.15, 0.2) is 51.8 Å². The molecule has 0 heterocycles. The molecule has 0 spiro atoms. The largest absolute Gasteiger partial charge is 0.280 e. The number of rotatable bonds is 3. The molecule has 0 saturated heterocycles. The van der Waals surface area contributed by atoms with Crippen LogP contribution in [-0.4, -0.2) is 8.42 Å². The molecule has 1 N–H and O–H groups in total. The molecule has 0 bridgehead atoms. The summed E-state index contributed by atoms with van der Waals surface area (Å²) in [6.45, 7) is 1.85. The van der Waals surface area contributed by atoms with Gasteiger partial charge in [-0.25, -0.2) is 8.42 Å². The molecule has 0 atom stereocenters. The van der Waals surface area contributed by atoms with Crippen LogP contribution in [0.3, 0.4) is 0 Å². The quantitative estimate of drug-likeness (QED) is 0.891. The fourth-order valence-corrected chi connectivity index (χ4v) is 3.21. The normalized spacial score (nSPS) is 11.3. The van der Waals surface area contributed by atoms with Gasteiger partial charge in [-0.1, -0.05) is 23.7 Å². The standard InChI is InChI=1S/C13H11BrClNO2S/c1-9-3-2-4-11(7-9)19(17,18)16-10-5-6-13(15)12(14)8-10/h2-8,16H,1H3. The van der Waals surface area contributed by atoms with Crippen molar-refractivity contribution in [1.82, 2.24) is 0 Å². The minimum Gasteiger partial charge on any atom is -0.280 e. The van der Waals surface area contributed by atoms with Crippen molar-refractivity contribution in [3.63, 3.8) is 0 Å². The topological polar surface area (TPSA) is 46.2 Å². The fraction of sp³-hybridized carbons (Fsp3) is 0.0769. The van der Waals surface area contributed by atoms with Crippen LogP contribution in [0.4, 0.5) is 5.69 Å². The van der Waals surface area contributed by atoms with Crippen LogP contribution in [0.5, 0.6) is 0 Å². The van der Waals surface area contributed by atoms with Gasteiger partial charge >= 0.3 is 0 Å². The van der Waals surface area contributed by atoms with Gasteiger partial charge in [0.25, 0.3) is 10.0 Å². The molecular formula is C13H11BrClNO2S. The number of benzene rings is 2. The molecule has 2 aromatic rings. The highest BCUT2D eigenvalue weighted by atomic mass is 79.9. The van der Waals surface area contributed by atoms with Crippen molar-refractivity contribution in [2.45, 2.75) is 11.8 Å². The summed E-state index contributed by atoms with van der Waals surface area (Å²) >= 11 is 9.12. The van der Waals surface area contributed by atoms with Crippen molar-refractivity contribution < 1.29 is 8.42 Å². The minimum absolute atomic E-state index is 0.235. The number of nitrogens with one attached hydrogen (secondary N) is 1. The lowest BCUT2D eigenvalue weighted by Gasteiger charge is -2.09. The first-order chi connectivity index (χ1) is 8.88. The Labute approximate surface area is 125 Å². The molecule has 19 heavy (non-hydrogen) atoms. The Morgan fingerprint density at radius 3 is 2.53 bits per heavy atom. The maximum atomic E-state index is 12.2. The molecule has 0 unspecified atom stereocenters. The van der Waals surface area contributed by atoms with Crippen molar-refractivity contribution >= 4 is 43.2 Å². The summed E-state index contributed by atoms with van der Waals surface area (Å²) in [5.74, 6) is 0. The Bertz CT molecular complexity index is 716. The third-order valence-electron chi connectivity index (χ3n) is 2.47. The van der Waals surface area contributed by atoms with Crippen molar-refractivity contribution in [1.29, 1.82) is 0 Å². The van der Waals surface area contributed by atoms with Crippen molar-refractivity contribution in [2.75, 3.05) is 4.72 Å². The van der Waals surface area contributed by atoms with E-state index in [1.165, 1.54) is 0 Å². The highest BCUT2D eigenvalue weighted by Gasteiger charge is 2.14. The van der Waals surface area contributed by atoms with E-state index in [1.807, 2.05) is 13.0 Å². The molecule has 0 aliphatic heterocycles. The van der Waals surface area contributed by atoms with Gasteiger partial charge < -0.3 is 0 Å². The molecule has 0 radical (unpaired) electrons. The van der Waals surface area contributed by atoms with Crippen LogP contribution in [0.25, 0.3) is 0 Å². The summed E-state index contributed by atoms with van der Waals surface area (Å²) in [4.78, 5) is 0.235. The first-order valence-corrected chi connectivity index (χ1v) is 8.08. The SMILES string of the molecule is Cc1cccc(S(=O)(=O)Nc2ccc(Cl)c(Br)c2)c1. The van der Waals surface area contributed by atoms with Crippen LogP contribution in [0.2, 0.25) is 5.02 Å². The van der Waals surface area contributed by atoms with E-state index in [4.69, 9.17) is 11.6 Å². The van der Waals surface area contributed by atoms with Gasteiger partial charge in [0, 0.05) is 4.47 Å². The molecule has 100 valence electrons. The van der Waals surface area contributed by atoms with Gasteiger partial charge in [0.15, 0.2) is 0 Å². The second-order valence-corrected chi connectivity index (χ2v) is 6.99. The second kappa shape index (κ2) is 5.53. The summed E-state index contributed by atoms with van der Waals surface area (Å²) in [5.41, 5.74) is 1.35. The number of anilines is 1. The van der Waals surface area contributed by atoms with E-state index in [2.05, 4.69) is 20.7 Å². The Kier molecular flexibility index (Phi) is 4.18. The number of sulfonamides is 1. The van der Waals surface area contributed by atoms with Crippen LogP contribution in [-0.2, 0) is 10.0 Å². The Balaban J connectivity index is 2.33. The molecule has 6 heteroatoms. The molecule has 2 rings (SSSR count). The average molecular weight is 361 g/mol. The summed E-state index contributed by atoms with van der Waals surface area (Å²) in [7, 11) is -3.58. The summed E-state index contributed by atoms with van der Waals surface area (Å²) in [6, 6.07) is 11.6. The maximum absolute atomic E-state index is 12.2. The zero-order chi connectivity index (χ0) is 14.0. The number of hydrogen-bond donors (Lipinski definition) is 1. The first kappa shape index (κ1) is 14.4. The summed E-state index contributed by atoms with van der Waals surface area (Å²) < 4.78 is 27.5. The van der Waals surface area contributed by atoms with E-state index in [1.54, 1.807) is 36.4 Å². The molecule has 2 aromatic carbocycles. The summed E-state index contributed by atoms with van der Waals surface area (Å²) in [6.07, 6.45) is 0. The zero-order valence-electron chi connectivity index (χ0n) is 10.0. The fourth-order valence-electron chi connectivity index (χ4n) is 1.56. The molecule has 0 saturated carbocycles. The predicted octanol–water partition coefficient (Wildman–Crippen LogP) is 4.21. The summed E-state index contributed by atoms with van der Waals surface area (Å²) in [5, 5.41) is 0.526. The smallest absolute Gasteiger partial charge is 0.261 e. The van der Waals surface area contributed by atoms with E-state index in [0.717, 1.165) is 5.56 Å². The van der Waals surface area contributed by atoms with Crippen LogP contribution >= 0.6 is 27.5 Å². The van der Waals surface area contributed by atoms with Gasteiger partial charge in [0.1, 0.15) is 0 Å². The van der Waals surface area contributed by atoms with Crippen LogP contribution in [0, 0.1) is 6.92 Å². The van der Waals surface area contributed by atoms with E-state index in [-0.39, 0.29) is 4.90 Å². The minimum atomic E-state index is -3.58. The predicted molar refractivity (Wildman–Crippen MR) is 81.1 cm³/mol. The van der Waals surface area contributed by atoms with Gasteiger partial charge in [-0.15, -0.1) is 0 Å². The van der Waals surface area contributed by atoms with Gasteiger partial charge in [-0.05, 0) is 58.7 Å². The van der Waals surface area contributed by atoms with Crippen LogP contribution in [0.1, 0.15) is 5.56 Å². The van der Waals surface area contributed by atoms with Gasteiger partial charge in [-0.2, -0.15) is 0 Å². The maximum Gasteiger partial charge on any atom is 0.261 e. The second-order valence-electron chi connectivity index (χ2n) is 4.05. The molecule has 0 fully saturated rings. The molecule has 3 nitrogen and oxygen atoms in total. The van der Waals surface area contributed by atoms with E-state index >= 15 is 0 Å². The lowest BCUT2D eigenvalue weighted by molar-refractivity contribution is 0.601. The monoisotopic (exact) mass is 359 g/mol.